The van der Waals surface area contributed by atoms with Crippen molar-refractivity contribution in [1.29, 1.82) is 0 Å². The van der Waals surface area contributed by atoms with Gasteiger partial charge in [-0.05, 0) is 79.1 Å². The van der Waals surface area contributed by atoms with E-state index in [2.05, 4.69) is 27.9 Å². The van der Waals surface area contributed by atoms with E-state index >= 15 is 0 Å². The van der Waals surface area contributed by atoms with Crippen molar-refractivity contribution >= 4 is 45.1 Å². The van der Waals surface area contributed by atoms with Crippen LogP contribution in [-0.4, -0.2) is 18.8 Å². The molecule has 2 aromatic carbocycles. The van der Waals surface area contributed by atoms with Crippen LogP contribution in [0.25, 0.3) is 10.8 Å². The van der Waals surface area contributed by atoms with E-state index in [4.69, 9.17) is 9.47 Å². The number of carbonyl (C=O) groups excluding carboxylic acids is 1. The quantitative estimate of drug-likeness (QED) is 0.739. The number of methoxy groups -OCH3 is 1. The molecule has 0 saturated carbocycles. The average molecular weight is 399 g/mol. The summed E-state index contributed by atoms with van der Waals surface area (Å²) in [5.74, 6) is 0.747. The summed E-state index contributed by atoms with van der Waals surface area (Å²) in [5.41, 5.74) is 0.180. The highest BCUT2D eigenvalue weighted by Crippen LogP contribution is 2.31. The molecule has 5 heteroatoms. The minimum atomic E-state index is -0.527. The third kappa shape index (κ3) is 4.00. The Morgan fingerprint density at radius 1 is 1.14 bits per heavy atom. The number of amides is 1. The molecule has 0 aliphatic heterocycles. The van der Waals surface area contributed by atoms with Crippen molar-refractivity contribution in [2.45, 2.75) is 26.4 Å². The van der Waals surface area contributed by atoms with E-state index in [9.17, 15) is 4.79 Å². The van der Waals surface area contributed by atoms with Crippen LogP contribution >= 0.6 is 22.6 Å². The zero-order valence-corrected chi connectivity index (χ0v) is 14.6. The number of hydrogen-bond acceptors (Lipinski definition) is 3. The van der Waals surface area contributed by atoms with Crippen molar-refractivity contribution in [1.82, 2.24) is 0 Å². The summed E-state index contributed by atoms with van der Waals surface area (Å²) in [6.07, 6.45) is -0.465. The van der Waals surface area contributed by atoms with Crippen LogP contribution in [0.4, 0.5) is 10.5 Å². The molecule has 112 valence electrons. The van der Waals surface area contributed by atoms with Crippen molar-refractivity contribution < 1.29 is 14.3 Å². The van der Waals surface area contributed by atoms with Crippen molar-refractivity contribution in [3.8, 4) is 5.75 Å². The molecule has 0 unspecified atom stereocenters. The van der Waals surface area contributed by atoms with Crippen LogP contribution < -0.4 is 10.1 Å². The largest absolute Gasteiger partial charge is 0.497 e. The minimum Gasteiger partial charge on any atom is -0.497 e. The summed E-state index contributed by atoms with van der Waals surface area (Å²) in [7, 11) is 1.62. The molecule has 0 atom stereocenters. The number of nitrogens with one attached hydrogen (secondary N) is 1. The first-order chi connectivity index (χ1) is 9.80. The fraction of sp³-hybridized carbons (Fsp3) is 0.312. The molecule has 4 nitrogen and oxygen atoms in total. The van der Waals surface area contributed by atoms with Crippen LogP contribution in [0.15, 0.2) is 30.3 Å². The zero-order valence-electron chi connectivity index (χ0n) is 12.5. The van der Waals surface area contributed by atoms with E-state index in [1.165, 1.54) is 0 Å². The van der Waals surface area contributed by atoms with Gasteiger partial charge in [-0.25, -0.2) is 4.79 Å². The molecule has 0 aliphatic rings. The fourth-order valence-corrected chi connectivity index (χ4v) is 2.59. The van der Waals surface area contributed by atoms with Gasteiger partial charge in [-0.15, -0.1) is 0 Å². The van der Waals surface area contributed by atoms with Crippen molar-refractivity contribution in [2.24, 2.45) is 0 Å². The van der Waals surface area contributed by atoms with Crippen molar-refractivity contribution in [3.05, 3.63) is 33.9 Å². The van der Waals surface area contributed by atoms with E-state index in [1.54, 1.807) is 7.11 Å². The van der Waals surface area contributed by atoms with Gasteiger partial charge in [0, 0.05) is 8.96 Å². The molecule has 1 amide bonds. The second-order valence-corrected chi connectivity index (χ2v) is 6.80. The lowest BCUT2D eigenvalue weighted by Crippen LogP contribution is -2.27. The topological polar surface area (TPSA) is 47.6 Å². The Morgan fingerprint density at radius 3 is 2.48 bits per heavy atom. The molecular weight excluding hydrogens is 381 g/mol. The smallest absolute Gasteiger partial charge is 0.412 e. The maximum atomic E-state index is 11.9. The predicted octanol–water partition coefficient (Wildman–Crippen LogP) is 4.80. The monoisotopic (exact) mass is 399 g/mol. The van der Waals surface area contributed by atoms with Crippen LogP contribution in [0.1, 0.15) is 20.8 Å². The minimum absolute atomic E-state index is 0.465. The number of halogens is 1. The lowest BCUT2D eigenvalue weighted by molar-refractivity contribution is 0.0636. The third-order valence-corrected chi connectivity index (χ3v) is 3.75. The number of benzene rings is 2. The Balaban J connectivity index is 2.39. The van der Waals surface area contributed by atoms with Crippen LogP contribution in [0, 0.1) is 3.57 Å². The van der Waals surface area contributed by atoms with Gasteiger partial charge in [-0.3, -0.25) is 5.32 Å². The molecule has 0 saturated heterocycles. The first-order valence-electron chi connectivity index (χ1n) is 6.56. The van der Waals surface area contributed by atoms with Gasteiger partial charge in [0.2, 0.25) is 0 Å². The number of hydrogen-bond donors (Lipinski definition) is 1. The predicted molar refractivity (Wildman–Crippen MR) is 93.1 cm³/mol. The molecule has 21 heavy (non-hydrogen) atoms. The molecule has 1 N–H and O–H groups in total. The Morgan fingerprint density at radius 2 is 1.86 bits per heavy atom. The number of fused-ring (bicyclic) bond motifs is 1. The maximum absolute atomic E-state index is 11.9. The van der Waals surface area contributed by atoms with Crippen LogP contribution in [0.3, 0.4) is 0 Å². The van der Waals surface area contributed by atoms with Gasteiger partial charge in [-0.1, -0.05) is 0 Å². The van der Waals surface area contributed by atoms with Crippen LogP contribution in [0.2, 0.25) is 0 Å². The van der Waals surface area contributed by atoms with Gasteiger partial charge in [0.1, 0.15) is 11.4 Å². The van der Waals surface area contributed by atoms with E-state index in [1.807, 2.05) is 51.1 Å². The van der Waals surface area contributed by atoms with Gasteiger partial charge in [0.05, 0.1) is 12.8 Å². The Hall–Kier alpha value is -1.50. The summed E-state index contributed by atoms with van der Waals surface area (Å²) in [6, 6.07) is 9.62. The molecule has 0 radical (unpaired) electrons. The lowest BCUT2D eigenvalue weighted by atomic mass is 10.1. The summed E-state index contributed by atoms with van der Waals surface area (Å²) >= 11 is 2.27. The molecule has 0 heterocycles. The summed E-state index contributed by atoms with van der Waals surface area (Å²) in [5, 5.41) is 4.78. The first-order valence-corrected chi connectivity index (χ1v) is 7.64. The van der Waals surface area contributed by atoms with Crippen LogP contribution in [-0.2, 0) is 4.74 Å². The number of carbonyl (C=O) groups is 1. The van der Waals surface area contributed by atoms with Crippen molar-refractivity contribution in [2.75, 3.05) is 12.4 Å². The molecule has 0 fully saturated rings. The highest BCUT2D eigenvalue weighted by Gasteiger charge is 2.17. The van der Waals surface area contributed by atoms with Crippen molar-refractivity contribution in [3.63, 3.8) is 0 Å². The fourth-order valence-electron chi connectivity index (χ4n) is 1.94. The van der Waals surface area contributed by atoms with Gasteiger partial charge in [0.15, 0.2) is 0 Å². The first kappa shape index (κ1) is 15.9. The SMILES string of the molecule is COc1ccc2c(I)ccc(NC(=O)OC(C)(C)C)c2c1. The molecule has 0 aromatic heterocycles. The van der Waals surface area contributed by atoms with Gasteiger partial charge >= 0.3 is 6.09 Å². The molecule has 0 spiro atoms. The van der Waals surface area contributed by atoms with Gasteiger partial charge in [0.25, 0.3) is 0 Å². The second-order valence-electron chi connectivity index (χ2n) is 5.63. The molecule has 2 rings (SSSR count). The number of ether oxygens (including phenoxy) is 2. The van der Waals surface area contributed by atoms with Crippen LogP contribution in [0.5, 0.6) is 5.75 Å². The maximum Gasteiger partial charge on any atom is 0.412 e. The summed E-state index contributed by atoms with van der Waals surface area (Å²) < 4.78 is 11.7. The molecule has 0 bridgehead atoms. The number of rotatable bonds is 2. The normalized spacial score (nSPS) is 11.3. The lowest BCUT2D eigenvalue weighted by Gasteiger charge is -2.20. The Kier molecular flexibility index (Phi) is 4.61. The van der Waals surface area contributed by atoms with E-state index < -0.39 is 11.7 Å². The van der Waals surface area contributed by atoms with E-state index in [0.29, 0.717) is 5.69 Å². The van der Waals surface area contributed by atoms with E-state index in [0.717, 1.165) is 20.1 Å². The molecular formula is C16H18INO3. The third-order valence-electron chi connectivity index (χ3n) is 2.81. The Labute approximate surface area is 138 Å². The molecule has 2 aromatic rings. The van der Waals surface area contributed by atoms with E-state index in [-0.39, 0.29) is 0 Å². The van der Waals surface area contributed by atoms with Gasteiger partial charge in [-0.2, -0.15) is 0 Å². The summed E-state index contributed by atoms with van der Waals surface area (Å²) in [6.45, 7) is 5.50. The number of anilines is 1. The van der Waals surface area contributed by atoms with Gasteiger partial charge < -0.3 is 9.47 Å². The zero-order chi connectivity index (χ0) is 15.6. The second kappa shape index (κ2) is 6.09. The summed E-state index contributed by atoms with van der Waals surface area (Å²) in [4.78, 5) is 11.9. The highest BCUT2D eigenvalue weighted by atomic mass is 127. The standard InChI is InChI=1S/C16H18INO3/c1-16(2,3)21-15(19)18-14-8-7-13(17)11-6-5-10(20-4)9-12(11)14/h5-9H,1-4H3,(H,18,19). The highest BCUT2D eigenvalue weighted by molar-refractivity contribution is 14.1. The average Bonchev–Trinajstić information content (AvgIpc) is 2.39. The molecule has 0 aliphatic carbocycles. The Bertz CT molecular complexity index is 677.